The van der Waals surface area contributed by atoms with Crippen LogP contribution in [0.4, 0.5) is 10.1 Å². The van der Waals surface area contributed by atoms with E-state index in [2.05, 4.69) is 10.3 Å². The van der Waals surface area contributed by atoms with Crippen molar-refractivity contribution < 1.29 is 28.6 Å². The number of carboxylic acids is 1. The molecule has 8 heteroatoms. The van der Waals surface area contributed by atoms with Crippen LogP contribution in [0.2, 0.25) is 0 Å². The van der Waals surface area contributed by atoms with Crippen molar-refractivity contribution in [2.24, 2.45) is 0 Å². The Kier molecular flexibility index (Phi) is 4.89. The minimum Gasteiger partial charge on any atom is -0.478 e. The molecule has 0 fully saturated rings. The van der Waals surface area contributed by atoms with Crippen LogP contribution in [0.3, 0.4) is 0 Å². The molecule has 1 amide bonds. The number of fused-ring (bicyclic) bond motifs is 1. The summed E-state index contributed by atoms with van der Waals surface area (Å²) in [5.74, 6) is -3.30. The second kappa shape index (κ2) is 7.28. The lowest BCUT2D eigenvalue weighted by molar-refractivity contribution is 0.0521. The lowest BCUT2D eigenvalue weighted by atomic mass is 10.1. The first-order valence-corrected chi connectivity index (χ1v) is 8.04. The fourth-order valence-corrected chi connectivity index (χ4v) is 2.70. The number of rotatable bonds is 5. The summed E-state index contributed by atoms with van der Waals surface area (Å²) in [5.41, 5.74) is 0.0947. The summed E-state index contributed by atoms with van der Waals surface area (Å²) in [4.78, 5) is 39.0. The topological polar surface area (TPSA) is 108 Å². The third kappa shape index (κ3) is 3.50. The molecular formula is C19H15FN2O5. The Hall–Kier alpha value is -3.68. The summed E-state index contributed by atoms with van der Waals surface area (Å²) in [5, 5.41) is 12.0. The number of nitrogens with one attached hydrogen (secondary N) is 2. The maximum absolute atomic E-state index is 13.7. The van der Waals surface area contributed by atoms with Crippen LogP contribution < -0.4 is 5.32 Å². The van der Waals surface area contributed by atoms with Crippen molar-refractivity contribution in [2.45, 2.75) is 6.92 Å². The first kappa shape index (κ1) is 18.1. The van der Waals surface area contributed by atoms with Gasteiger partial charge in [0.2, 0.25) is 0 Å². The minimum absolute atomic E-state index is 0.0214. The van der Waals surface area contributed by atoms with Crippen LogP contribution in [0.1, 0.15) is 38.1 Å². The van der Waals surface area contributed by atoms with Gasteiger partial charge in [0.1, 0.15) is 11.5 Å². The summed E-state index contributed by atoms with van der Waals surface area (Å²) in [6, 6.07) is 9.44. The van der Waals surface area contributed by atoms with E-state index in [9.17, 15) is 23.9 Å². The Morgan fingerprint density at radius 2 is 1.85 bits per heavy atom. The number of H-pyrrole nitrogens is 1. The van der Waals surface area contributed by atoms with Crippen molar-refractivity contribution in [1.82, 2.24) is 4.98 Å². The average molecular weight is 370 g/mol. The van der Waals surface area contributed by atoms with E-state index in [1.807, 2.05) is 0 Å². The lowest BCUT2D eigenvalue weighted by Gasteiger charge is -2.09. The number of amides is 1. The molecule has 0 spiro atoms. The number of anilines is 1. The Bertz CT molecular complexity index is 1060. The quantitative estimate of drug-likeness (QED) is 0.596. The molecule has 3 aromatic rings. The number of benzene rings is 2. The van der Waals surface area contributed by atoms with E-state index in [1.54, 1.807) is 6.92 Å². The summed E-state index contributed by atoms with van der Waals surface area (Å²) in [7, 11) is 0. The van der Waals surface area contributed by atoms with E-state index in [4.69, 9.17) is 4.74 Å². The van der Waals surface area contributed by atoms with Gasteiger partial charge in [-0.15, -0.1) is 0 Å². The van der Waals surface area contributed by atoms with Crippen LogP contribution in [-0.2, 0) is 4.74 Å². The SMILES string of the molecule is CCOC(=O)c1[nH]c2ccc(F)cc2c1NC(=O)c1ccccc1C(=O)O. The Labute approximate surface area is 152 Å². The van der Waals surface area contributed by atoms with Crippen LogP contribution in [0.25, 0.3) is 10.9 Å². The smallest absolute Gasteiger partial charge is 0.356 e. The molecule has 2 aromatic carbocycles. The van der Waals surface area contributed by atoms with E-state index in [0.717, 1.165) is 6.07 Å². The van der Waals surface area contributed by atoms with E-state index >= 15 is 0 Å². The highest BCUT2D eigenvalue weighted by atomic mass is 19.1. The number of hydrogen-bond donors (Lipinski definition) is 3. The Balaban J connectivity index is 2.09. The second-order valence-electron chi connectivity index (χ2n) is 5.59. The van der Waals surface area contributed by atoms with E-state index in [1.165, 1.54) is 36.4 Å². The number of ether oxygens (including phenoxy) is 1. The minimum atomic E-state index is -1.27. The van der Waals surface area contributed by atoms with Gasteiger partial charge in [0.15, 0.2) is 0 Å². The second-order valence-corrected chi connectivity index (χ2v) is 5.59. The molecule has 0 atom stereocenters. The van der Waals surface area contributed by atoms with Crippen molar-refractivity contribution in [1.29, 1.82) is 0 Å². The fourth-order valence-electron chi connectivity index (χ4n) is 2.70. The van der Waals surface area contributed by atoms with Crippen LogP contribution in [0, 0.1) is 5.82 Å². The molecule has 138 valence electrons. The summed E-state index contributed by atoms with van der Waals surface area (Å²) in [6.45, 7) is 1.74. The predicted molar refractivity (Wildman–Crippen MR) is 95.6 cm³/mol. The molecule has 3 rings (SSSR count). The monoisotopic (exact) mass is 370 g/mol. The molecule has 0 aliphatic carbocycles. The van der Waals surface area contributed by atoms with E-state index < -0.39 is 23.7 Å². The number of carboxylic acid groups (broad SMARTS) is 1. The third-order valence-electron chi connectivity index (χ3n) is 3.88. The van der Waals surface area contributed by atoms with E-state index in [0.29, 0.717) is 5.52 Å². The molecule has 1 heterocycles. The summed E-state index contributed by atoms with van der Waals surface area (Å²) in [6.07, 6.45) is 0. The fraction of sp³-hybridized carbons (Fsp3) is 0.105. The van der Waals surface area contributed by atoms with Crippen LogP contribution in [0.5, 0.6) is 0 Å². The third-order valence-corrected chi connectivity index (χ3v) is 3.88. The van der Waals surface area contributed by atoms with Gasteiger partial charge in [-0.25, -0.2) is 14.0 Å². The Morgan fingerprint density at radius 3 is 2.52 bits per heavy atom. The van der Waals surface area contributed by atoms with Gasteiger partial charge in [0.25, 0.3) is 5.91 Å². The number of aromatic amines is 1. The normalized spacial score (nSPS) is 10.6. The van der Waals surface area contributed by atoms with Gasteiger partial charge in [-0.05, 0) is 37.3 Å². The first-order valence-electron chi connectivity index (χ1n) is 8.04. The standard InChI is InChI=1S/C19H15FN2O5/c1-2-27-19(26)16-15(13-9-10(20)7-8-14(13)21-16)22-17(23)11-5-3-4-6-12(11)18(24)25/h3-9,21H,2H2,1H3,(H,22,23)(H,24,25). The predicted octanol–water partition coefficient (Wildman–Crippen LogP) is 3.43. The van der Waals surface area contributed by atoms with Gasteiger partial charge in [-0.1, -0.05) is 12.1 Å². The molecule has 0 saturated carbocycles. The number of hydrogen-bond acceptors (Lipinski definition) is 4. The molecule has 0 unspecified atom stereocenters. The maximum Gasteiger partial charge on any atom is 0.356 e. The highest BCUT2D eigenvalue weighted by Crippen LogP contribution is 2.30. The van der Waals surface area contributed by atoms with Gasteiger partial charge >= 0.3 is 11.9 Å². The van der Waals surface area contributed by atoms with Crippen molar-refractivity contribution >= 4 is 34.4 Å². The molecule has 3 N–H and O–H groups in total. The zero-order valence-corrected chi connectivity index (χ0v) is 14.2. The van der Waals surface area contributed by atoms with Crippen LogP contribution >= 0.6 is 0 Å². The highest BCUT2D eigenvalue weighted by molar-refractivity contribution is 6.16. The molecule has 1 aromatic heterocycles. The van der Waals surface area contributed by atoms with Gasteiger partial charge < -0.3 is 20.1 Å². The number of halogens is 1. The molecular weight excluding hydrogens is 355 g/mol. The van der Waals surface area contributed by atoms with Crippen molar-refractivity contribution in [3.05, 3.63) is 65.1 Å². The van der Waals surface area contributed by atoms with Crippen LogP contribution in [0.15, 0.2) is 42.5 Å². The molecule has 0 bridgehead atoms. The number of aromatic nitrogens is 1. The summed E-state index contributed by atoms with van der Waals surface area (Å²) < 4.78 is 18.7. The zero-order chi connectivity index (χ0) is 19.6. The van der Waals surface area contributed by atoms with Crippen molar-refractivity contribution in [3.8, 4) is 0 Å². The molecule has 7 nitrogen and oxygen atoms in total. The van der Waals surface area contributed by atoms with Crippen molar-refractivity contribution in [3.63, 3.8) is 0 Å². The number of esters is 1. The van der Waals surface area contributed by atoms with Gasteiger partial charge in [0, 0.05) is 10.9 Å². The van der Waals surface area contributed by atoms with Crippen molar-refractivity contribution in [2.75, 3.05) is 11.9 Å². The van der Waals surface area contributed by atoms with Gasteiger partial charge in [-0.2, -0.15) is 0 Å². The largest absolute Gasteiger partial charge is 0.478 e. The molecule has 27 heavy (non-hydrogen) atoms. The molecule has 0 aliphatic heterocycles. The number of carbonyl (C=O) groups is 3. The number of aromatic carboxylic acids is 1. The zero-order valence-electron chi connectivity index (χ0n) is 14.2. The highest BCUT2D eigenvalue weighted by Gasteiger charge is 2.23. The first-order chi connectivity index (χ1) is 12.9. The molecule has 0 aliphatic rings. The summed E-state index contributed by atoms with van der Waals surface area (Å²) >= 11 is 0. The van der Waals surface area contributed by atoms with E-state index in [-0.39, 0.29) is 34.5 Å². The van der Waals surface area contributed by atoms with Gasteiger partial charge in [-0.3, -0.25) is 4.79 Å². The molecule has 0 radical (unpaired) electrons. The van der Waals surface area contributed by atoms with Gasteiger partial charge in [0.05, 0.1) is 23.4 Å². The molecule has 0 saturated heterocycles. The Morgan fingerprint density at radius 1 is 1.15 bits per heavy atom. The number of carbonyl (C=O) groups excluding carboxylic acids is 2. The lowest BCUT2D eigenvalue weighted by Crippen LogP contribution is -2.18. The van der Waals surface area contributed by atoms with Crippen LogP contribution in [-0.4, -0.2) is 34.5 Å². The maximum atomic E-state index is 13.7. The average Bonchev–Trinajstić information content (AvgIpc) is 2.99.